The van der Waals surface area contributed by atoms with Crippen molar-refractivity contribution in [3.05, 3.63) is 23.9 Å². The van der Waals surface area contributed by atoms with Gasteiger partial charge in [-0.2, -0.15) is 0 Å². The highest BCUT2D eigenvalue weighted by atomic mass is 16.1. The van der Waals surface area contributed by atoms with Crippen molar-refractivity contribution in [3.8, 4) is 0 Å². The van der Waals surface area contributed by atoms with Crippen LogP contribution in [0.1, 0.15) is 43.6 Å². The van der Waals surface area contributed by atoms with Gasteiger partial charge in [-0.1, -0.05) is 19.9 Å². The first-order chi connectivity index (χ1) is 8.63. The lowest BCUT2D eigenvalue weighted by Gasteiger charge is -2.10. The number of nitrogens with zero attached hydrogens (tertiary/aromatic N) is 1. The number of hydrogen-bond acceptors (Lipinski definition) is 3. The SMILES string of the molecule is CCCNc1cccc(C(=O)NCC2(C)CC2)n1. The quantitative estimate of drug-likeness (QED) is 0.811. The Morgan fingerprint density at radius 3 is 2.89 bits per heavy atom. The molecule has 18 heavy (non-hydrogen) atoms. The van der Waals surface area contributed by atoms with E-state index in [0.717, 1.165) is 25.3 Å². The molecule has 0 bridgehead atoms. The molecule has 2 N–H and O–H groups in total. The molecule has 1 heterocycles. The minimum absolute atomic E-state index is 0.0803. The van der Waals surface area contributed by atoms with E-state index in [9.17, 15) is 4.79 Å². The molecule has 0 unspecified atom stereocenters. The molecular formula is C14H21N3O. The molecule has 0 aliphatic heterocycles. The Balaban J connectivity index is 1.92. The van der Waals surface area contributed by atoms with Crippen LogP contribution in [0.4, 0.5) is 5.82 Å². The van der Waals surface area contributed by atoms with Gasteiger partial charge in [-0.15, -0.1) is 0 Å². The van der Waals surface area contributed by atoms with Gasteiger partial charge in [-0.3, -0.25) is 4.79 Å². The number of nitrogens with one attached hydrogen (secondary N) is 2. The standard InChI is InChI=1S/C14H21N3O/c1-3-9-15-12-6-4-5-11(17-12)13(18)16-10-14(2)7-8-14/h4-6H,3,7-10H2,1-2H3,(H,15,17)(H,16,18). The maximum Gasteiger partial charge on any atom is 0.269 e. The van der Waals surface area contributed by atoms with Crippen LogP contribution < -0.4 is 10.6 Å². The number of rotatable bonds is 6. The maximum atomic E-state index is 11.9. The van der Waals surface area contributed by atoms with E-state index in [4.69, 9.17) is 0 Å². The van der Waals surface area contributed by atoms with Crippen molar-refractivity contribution in [1.29, 1.82) is 0 Å². The molecule has 98 valence electrons. The molecule has 0 spiro atoms. The van der Waals surface area contributed by atoms with Crippen LogP contribution in [-0.2, 0) is 0 Å². The van der Waals surface area contributed by atoms with Crippen LogP contribution in [0.5, 0.6) is 0 Å². The Bertz CT molecular complexity index is 427. The number of aromatic nitrogens is 1. The maximum absolute atomic E-state index is 11.9. The highest BCUT2D eigenvalue weighted by Crippen LogP contribution is 2.44. The van der Waals surface area contributed by atoms with Gasteiger partial charge in [-0.05, 0) is 36.8 Å². The van der Waals surface area contributed by atoms with Crippen LogP contribution in [0.15, 0.2) is 18.2 Å². The fourth-order valence-electron chi connectivity index (χ4n) is 1.69. The van der Waals surface area contributed by atoms with E-state index in [1.54, 1.807) is 6.07 Å². The second-order valence-electron chi connectivity index (χ2n) is 5.33. The summed E-state index contributed by atoms with van der Waals surface area (Å²) in [5.74, 6) is 0.686. The Morgan fingerprint density at radius 2 is 2.22 bits per heavy atom. The lowest BCUT2D eigenvalue weighted by atomic mass is 10.1. The first-order valence-electron chi connectivity index (χ1n) is 6.62. The van der Waals surface area contributed by atoms with E-state index in [2.05, 4.69) is 29.5 Å². The fraction of sp³-hybridized carbons (Fsp3) is 0.571. The molecule has 1 aliphatic rings. The molecule has 0 aromatic carbocycles. The van der Waals surface area contributed by atoms with Gasteiger partial charge in [0.2, 0.25) is 0 Å². The predicted octanol–water partition coefficient (Wildman–Crippen LogP) is 2.43. The summed E-state index contributed by atoms with van der Waals surface area (Å²) in [5, 5.41) is 6.14. The number of carbonyl (C=O) groups excluding carboxylic acids is 1. The fourth-order valence-corrected chi connectivity index (χ4v) is 1.69. The van der Waals surface area contributed by atoms with Crippen molar-refractivity contribution in [2.24, 2.45) is 5.41 Å². The van der Waals surface area contributed by atoms with Crippen LogP contribution in [0, 0.1) is 5.41 Å². The van der Waals surface area contributed by atoms with Crippen LogP contribution in [-0.4, -0.2) is 24.0 Å². The van der Waals surface area contributed by atoms with Gasteiger partial charge < -0.3 is 10.6 Å². The van der Waals surface area contributed by atoms with E-state index < -0.39 is 0 Å². The molecule has 2 rings (SSSR count). The van der Waals surface area contributed by atoms with Crippen molar-refractivity contribution in [2.75, 3.05) is 18.4 Å². The first-order valence-corrected chi connectivity index (χ1v) is 6.62. The molecular weight excluding hydrogens is 226 g/mol. The van der Waals surface area contributed by atoms with E-state index >= 15 is 0 Å². The molecule has 0 saturated heterocycles. The Labute approximate surface area is 108 Å². The van der Waals surface area contributed by atoms with Gasteiger partial charge in [0, 0.05) is 13.1 Å². The molecule has 4 nitrogen and oxygen atoms in total. The molecule has 1 amide bonds. The Kier molecular flexibility index (Phi) is 3.84. The highest BCUT2D eigenvalue weighted by Gasteiger charge is 2.37. The molecule has 4 heteroatoms. The third-order valence-electron chi connectivity index (χ3n) is 3.32. The summed E-state index contributed by atoms with van der Waals surface area (Å²) in [5.41, 5.74) is 0.814. The number of anilines is 1. The summed E-state index contributed by atoms with van der Waals surface area (Å²) in [6, 6.07) is 5.50. The largest absolute Gasteiger partial charge is 0.370 e. The summed E-state index contributed by atoms with van der Waals surface area (Å²) in [4.78, 5) is 16.3. The zero-order valence-corrected chi connectivity index (χ0v) is 11.1. The number of pyridine rings is 1. The van der Waals surface area contributed by atoms with Gasteiger partial charge in [0.1, 0.15) is 11.5 Å². The van der Waals surface area contributed by atoms with Crippen molar-refractivity contribution < 1.29 is 4.79 Å². The number of hydrogen-bond donors (Lipinski definition) is 2. The molecule has 1 aromatic rings. The molecule has 0 radical (unpaired) electrons. The summed E-state index contributed by atoms with van der Waals surface area (Å²) in [6.45, 7) is 5.91. The van der Waals surface area contributed by atoms with Crippen LogP contribution in [0.2, 0.25) is 0 Å². The molecule has 0 atom stereocenters. The highest BCUT2D eigenvalue weighted by molar-refractivity contribution is 5.92. The topological polar surface area (TPSA) is 54.0 Å². The van der Waals surface area contributed by atoms with Crippen LogP contribution in [0.3, 0.4) is 0 Å². The van der Waals surface area contributed by atoms with Crippen molar-refractivity contribution in [3.63, 3.8) is 0 Å². The first kappa shape index (κ1) is 12.9. The Morgan fingerprint density at radius 1 is 1.44 bits per heavy atom. The lowest BCUT2D eigenvalue weighted by molar-refractivity contribution is 0.0941. The van der Waals surface area contributed by atoms with E-state index in [0.29, 0.717) is 11.1 Å². The van der Waals surface area contributed by atoms with Crippen LogP contribution in [0.25, 0.3) is 0 Å². The summed E-state index contributed by atoms with van der Waals surface area (Å²) in [6.07, 6.45) is 3.45. The van der Waals surface area contributed by atoms with Crippen molar-refractivity contribution in [2.45, 2.75) is 33.1 Å². The third-order valence-corrected chi connectivity index (χ3v) is 3.32. The molecule has 1 aliphatic carbocycles. The zero-order valence-electron chi connectivity index (χ0n) is 11.1. The monoisotopic (exact) mass is 247 g/mol. The van der Waals surface area contributed by atoms with E-state index in [1.165, 1.54) is 12.8 Å². The van der Waals surface area contributed by atoms with Crippen molar-refractivity contribution >= 4 is 11.7 Å². The average molecular weight is 247 g/mol. The van der Waals surface area contributed by atoms with Crippen LogP contribution >= 0.6 is 0 Å². The summed E-state index contributed by atoms with van der Waals surface area (Å²) >= 11 is 0. The van der Waals surface area contributed by atoms with E-state index in [-0.39, 0.29) is 5.91 Å². The zero-order chi connectivity index (χ0) is 13.0. The second-order valence-corrected chi connectivity index (χ2v) is 5.33. The minimum atomic E-state index is -0.0803. The normalized spacial score (nSPS) is 16.1. The smallest absolute Gasteiger partial charge is 0.269 e. The van der Waals surface area contributed by atoms with Crippen molar-refractivity contribution in [1.82, 2.24) is 10.3 Å². The van der Waals surface area contributed by atoms with Gasteiger partial charge >= 0.3 is 0 Å². The van der Waals surface area contributed by atoms with Gasteiger partial charge in [0.15, 0.2) is 0 Å². The minimum Gasteiger partial charge on any atom is -0.370 e. The Hall–Kier alpha value is -1.58. The molecule has 1 saturated carbocycles. The number of amides is 1. The summed E-state index contributed by atoms with van der Waals surface area (Å²) in [7, 11) is 0. The van der Waals surface area contributed by atoms with Gasteiger partial charge in [-0.25, -0.2) is 4.98 Å². The van der Waals surface area contributed by atoms with Gasteiger partial charge in [0.05, 0.1) is 0 Å². The summed E-state index contributed by atoms with van der Waals surface area (Å²) < 4.78 is 0. The average Bonchev–Trinajstić information content (AvgIpc) is 3.12. The molecule has 1 aromatic heterocycles. The lowest BCUT2D eigenvalue weighted by Crippen LogP contribution is -2.29. The van der Waals surface area contributed by atoms with E-state index in [1.807, 2.05) is 12.1 Å². The predicted molar refractivity (Wildman–Crippen MR) is 72.7 cm³/mol. The molecule has 1 fully saturated rings. The van der Waals surface area contributed by atoms with Gasteiger partial charge in [0.25, 0.3) is 5.91 Å². The number of carbonyl (C=O) groups is 1. The third kappa shape index (κ3) is 3.45. The second kappa shape index (κ2) is 5.38.